The number of allylic oxidation sites excluding steroid dienone is 1. The summed E-state index contributed by atoms with van der Waals surface area (Å²) in [6.07, 6.45) is 1.15. The van der Waals surface area contributed by atoms with Gasteiger partial charge in [-0.15, -0.1) is 0 Å². The van der Waals surface area contributed by atoms with Crippen molar-refractivity contribution in [2.75, 3.05) is 7.05 Å². The molecule has 2 unspecified atom stereocenters. The molecule has 0 heterocycles. The fourth-order valence-corrected chi connectivity index (χ4v) is 1.69. The van der Waals surface area contributed by atoms with Crippen molar-refractivity contribution in [1.29, 1.82) is 0 Å². The van der Waals surface area contributed by atoms with Crippen LogP contribution < -0.4 is 0 Å². The summed E-state index contributed by atoms with van der Waals surface area (Å²) in [6.45, 7) is 17.8. The van der Waals surface area contributed by atoms with Gasteiger partial charge in [0.05, 0.1) is 0 Å². The van der Waals surface area contributed by atoms with Gasteiger partial charge < -0.3 is 4.90 Å². The maximum atomic E-state index is 4.16. The average molecular weight is 211 g/mol. The van der Waals surface area contributed by atoms with Crippen molar-refractivity contribution in [3.8, 4) is 0 Å². The molecule has 1 heteroatoms. The lowest BCUT2D eigenvalue weighted by atomic mass is 9.89. The standard InChI is InChI=1S/C14H29N/c1-10(2)12(5)9-13(6)14(7)15(8)11(3)4/h10-11,13-14H,5,9H2,1-4,6-8H3. The third kappa shape index (κ3) is 4.83. The molecule has 0 amide bonds. The molecule has 0 aromatic rings. The smallest absolute Gasteiger partial charge is 0.00952 e. The first-order valence-corrected chi connectivity index (χ1v) is 6.17. The molecule has 0 spiro atoms. The summed E-state index contributed by atoms with van der Waals surface area (Å²) < 4.78 is 0. The Morgan fingerprint density at radius 2 is 1.53 bits per heavy atom. The Bertz CT molecular complexity index is 194. The van der Waals surface area contributed by atoms with Gasteiger partial charge in [-0.25, -0.2) is 0 Å². The van der Waals surface area contributed by atoms with Gasteiger partial charge in [-0.3, -0.25) is 0 Å². The Morgan fingerprint density at radius 1 is 1.07 bits per heavy atom. The minimum Gasteiger partial charge on any atom is -0.301 e. The first kappa shape index (κ1) is 14.7. The maximum absolute atomic E-state index is 4.16. The minimum absolute atomic E-state index is 0.615. The van der Waals surface area contributed by atoms with Crippen LogP contribution in [-0.2, 0) is 0 Å². The maximum Gasteiger partial charge on any atom is 0.00952 e. The highest BCUT2D eigenvalue weighted by Gasteiger charge is 2.19. The monoisotopic (exact) mass is 211 g/mol. The van der Waals surface area contributed by atoms with Crippen LogP contribution in [0.2, 0.25) is 0 Å². The molecule has 2 atom stereocenters. The molecule has 90 valence electrons. The number of hydrogen-bond donors (Lipinski definition) is 0. The van der Waals surface area contributed by atoms with Crippen LogP contribution in [-0.4, -0.2) is 24.0 Å². The summed E-state index contributed by atoms with van der Waals surface area (Å²) in [5.74, 6) is 1.30. The van der Waals surface area contributed by atoms with Crippen LogP contribution in [0.3, 0.4) is 0 Å². The lowest BCUT2D eigenvalue weighted by molar-refractivity contribution is 0.159. The lowest BCUT2D eigenvalue weighted by Gasteiger charge is -2.33. The summed E-state index contributed by atoms with van der Waals surface area (Å²) in [5.41, 5.74) is 1.38. The van der Waals surface area contributed by atoms with E-state index in [1.807, 2.05) is 0 Å². The van der Waals surface area contributed by atoms with Gasteiger partial charge in [0.2, 0.25) is 0 Å². The van der Waals surface area contributed by atoms with Crippen LogP contribution in [0.15, 0.2) is 12.2 Å². The van der Waals surface area contributed by atoms with Crippen molar-refractivity contribution in [2.45, 2.75) is 60.0 Å². The number of hydrogen-bond acceptors (Lipinski definition) is 1. The summed E-state index contributed by atoms with van der Waals surface area (Å²) >= 11 is 0. The third-order valence-electron chi connectivity index (χ3n) is 3.68. The van der Waals surface area contributed by atoms with E-state index in [0.717, 1.165) is 6.42 Å². The molecule has 0 rings (SSSR count). The molecule has 0 saturated heterocycles. The summed E-state index contributed by atoms with van der Waals surface area (Å²) in [7, 11) is 2.21. The van der Waals surface area contributed by atoms with Gasteiger partial charge in [0.1, 0.15) is 0 Å². The van der Waals surface area contributed by atoms with Crippen molar-refractivity contribution >= 4 is 0 Å². The molecular weight excluding hydrogens is 182 g/mol. The molecule has 0 radical (unpaired) electrons. The molecule has 0 aliphatic rings. The number of nitrogens with zero attached hydrogens (tertiary/aromatic N) is 1. The topological polar surface area (TPSA) is 3.24 Å². The van der Waals surface area contributed by atoms with E-state index in [0.29, 0.717) is 23.9 Å². The fraction of sp³-hybridized carbons (Fsp3) is 0.857. The van der Waals surface area contributed by atoms with Gasteiger partial charge in [0.25, 0.3) is 0 Å². The zero-order chi connectivity index (χ0) is 12.2. The second-order valence-corrected chi connectivity index (χ2v) is 5.49. The summed E-state index contributed by atoms with van der Waals surface area (Å²) in [4.78, 5) is 2.44. The van der Waals surface area contributed by atoms with Gasteiger partial charge in [-0.05, 0) is 46.1 Å². The molecule has 0 bridgehead atoms. The molecule has 0 aliphatic carbocycles. The Balaban J connectivity index is 4.21. The normalized spacial score (nSPS) is 16.1. The molecule has 0 aromatic heterocycles. The van der Waals surface area contributed by atoms with E-state index < -0.39 is 0 Å². The summed E-state index contributed by atoms with van der Waals surface area (Å²) in [5, 5.41) is 0. The predicted molar refractivity (Wildman–Crippen MR) is 70.1 cm³/mol. The Hall–Kier alpha value is -0.300. The Kier molecular flexibility index (Phi) is 6.19. The van der Waals surface area contributed by atoms with Gasteiger partial charge in [-0.1, -0.05) is 32.9 Å². The van der Waals surface area contributed by atoms with Gasteiger partial charge in [-0.2, -0.15) is 0 Å². The van der Waals surface area contributed by atoms with Crippen molar-refractivity contribution in [2.24, 2.45) is 11.8 Å². The highest BCUT2D eigenvalue weighted by atomic mass is 15.1. The second-order valence-electron chi connectivity index (χ2n) is 5.49. The fourth-order valence-electron chi connectivity index (χ4n) is 1.69. The average Bonchev–Trinajstić information content (AvgIpc) is 2.14. The first-order chi connectivity index (χ1) is 6.77. The van der Waals surface area contributed by atoms with E-state index in [1.54, 1.807) is 0 Å². The Morgan fingerprint density at radius 3 is 1.87 bits per heavy atom. The van der Waals surface area contributed by atoms with Crippen LogP contribution >= 0.6 is 0 Å². The third-order valence-corrected chi connectivity index (χ3v) is 3.68. The molecule has 0 saturated carbocycles. The van der Waals surface area contributed by atoms with E-state index in [-0.39, 0.29) is 0 Å². The first-order valence-electron chi connectivity index (χ1n) is 6.17. The van der Waals surface area contributed by atoms with Gasteiger partial charge in [0, 0.05) is 12.1 Å². The molecule has 0 aliphatic heterocycles. The highest BCUT2D eigenvalue weighted by Crippen LogP contribution is 2.22. The van der Waals surface area contributed by atoms with Crippen LogP contribution in [0.1, 0.15) is 48.0 Å². The molecule has 0 fully saturated rings. The van der Waals surface area contributed by atoms with Crippen LogP contribution in [0, 0.1) is 11.8 Å². The Labute approximate surface area is 96.6 Å². The van der Waals surface area contributed by atoms with Gasteiger partial charge >= 0.3 is 0 Å². The molecule has 0 N–H and O–H groups in total. The van der Waals surface area contributed by atoms with E-state index in [2.05, 4.69) is 60.1 Å². The van der Waals surface area contributed by atoms with Crippen LogP contribution in [0.5, 0.6) is 0 Å². The van der Waals surface area contributed by atoms with Crippen molar-refractivity contribution in [3.63, 3.8) is 0 Å². The van der Waals surface area contributed by atoms with Crippen LogP contribution in [0.25, 0.3) is 0 Å². The quantitative estimate of drug-likeness (QED) is 0.601. The van der Waals surface area contributed by atoms with Crippen molar-refractivity contribution < 1.29 is 0 Å². The molecule has 15 heavy (non-hydrogen) atoms. The predicted octanol–water partition coefficient (Wildman–Crippen LogP) is 3.95. The summed E-state index contributed by atoms with van der Waals surface area (Å²) in [6, 6.07) is 1.25. The van der Waals surface area contributed by atoms with Crippen molar-refractivity contribution in [3.05, 3.63) is 12.2 Å². The zero-order valence-corrected chi connectivity index (χ0v) is 11.7. The SMILES string of the molecule is C=C(CC(C)C(C)N(C)C(C)C)C(C)C. The lowest BCUT2D eigenvalue weighted by Crippen LogP contribution is -2.39. The van der Waals surface area contributed by atoms with E-state index in [9.17, 15) is 0 Å². The zero-order valence-electron chi connectivity index (χ0n) is 11.7. The number of rotatable bonds is 6. The second kappa shape index (κ2) is 6.32. The van der Waals surface area contributed by atoms with E-state index >= 15 is 0 Å². The minimum atomic E-state index is 0.615. The van der Waals surface area contributed by atoms with Crippen LogP contribution in [0.4, 0.5) is 0 Å². The van der Waals surface area contributed by atoms with Gasteiger partial charge in [0.15, 0.2) is 0 Å². The molecular formula is C14H29N. The molecule has 0 aromatic carbocycles. The molecule has 1 nitrogen and oxygen atoms in total. The largest absolute Gasteiger partial charge is 0.301 e. The van der Waals surface area contributed by atoms with E-state index in [1.165, 1.54) is 5.57 Å². The van der Waals surface area contributed by atoms with E-state index in [4.69, 9.17) is 0 Å². The highest BCUT2D eigenvalue weighted by molar-refractivity contribution is 4.99. The van der Waals surface area contributed by atoms with Crippen molar-refractivity contribution in [1.82, 2.24) is 4.90 Å².